The van der Waals surface area contributed by atoms with E-state index in [-0.39, 0.29) is 24.8 Å². The summed E-state index contributed by atoms with van der Waals surface area (Å²) < 4.78 is 5.38. The van der Waals surface area contributed by atoms with Crippen LogP contribution in [0.3, 0.4) is 0 Å². The highest BCUT2D eigenvalue weighted by Crippen LogP contribution is 2.31. The molecule has 5 heteroatoms. The molecule has 2 amide bonds. The van der Waals surface area contributed by atoms with E-state index in [0.29, 0.717) is 31.1 Å². The van der Waals surface area contributed by atoms with Crippen LogP contribution in [0, 0.1) is 0 Å². The largest absolute Gasteiger partial charge is 0.482 e. The molecule has 0 radical (unpaired) electrons. The Morgan fingerprint density at radius 1 is 1.27 bits per heavy atom. The van der Waals surface area contributed by atoms with E-state index in [1.807, 2.05) is 24.3 Å². The average molecular weight is 300 g/mol. The Labute approximate surface area is 130 Å². The number of nitrogens with zero attached hydrogens (tertiary/aromatic N) is 2. The number of ether oxygens (including phenoxy) is 1. The topological polar surface area (TPSA) is 49.9 Å². The van der Waals surface area contributed by atoms with Gasteiger partial charge >= 0.3 is 0 Å². The van der Waals surface area contributed by atoms with Crippen molar-refractivity contribution in [3.63, 3.8) is 0 Å². The minimum Gasteiger partial charge on any atom is -0.482 e. The summed E-state index contributed by atoms with van der Waals surface area (Å²) in [5.74, 6) is 0.505. The van der Waals surface area contributed by atoms with Gasteiger partial charge in [0.25, 0.3) is 5.91 Å². The summed E-state index contributed by atoms with van der Waals surface area (Å²) in [5.41, 5.74) is 0.713. The third-order valence-corrected chi connectivity index (χ3v) is 3.41. The lowest BCUT2D eigenvalue weighted by molar-refractivity contribution is -0.130. The summed E-state index contributed by atoms with van der Waals surface area (Å²) in [6.07, 6.45) is 3.61. The molecule has 0 bridgehead atoms. The van der Waals surface area contributed by atoms with Gasteiger partial charge in [-0.1, -0.05) is 24.3 Å². The monoisotopic (exact) mass is 300 g/mol. The number of anilines is 1. The van der Waals surface area contributed by atoms with Crippen molar-refractivity contribution in [2.45, 2.75) is 6.42 Å². The lowest BCUT2D eigenvalue weighted by atomic mass is 10.2. The summed E-state index contributed by atoms with van der Waals surface area (Å²) in [6, 6.07) is 7.34. The molecule has 0 atom stereocenters. The molecule has 0 saturated carbocycles. The van der Waals surface area contributed by atoms with Crippen molar-refractivity contribution in [1.29, 1.82) is 0 Å². The molecule has 0 N–H and O–H groups in total. The van der Waals surface area contributed by atoms with Gasteiger partial charge in [-0.15, -0.1) is 13.2 Å². The molecule has 1 aromatic carbocycles. The van der Waals surface area contributed by atoms with Crippen molar-refractivity contribution in [1.82, 2.24) is 4.90 Å². The summed E-state index contributed by atoms with van der Waals surface area (Å²) in [6.45, 7) is 8.58. The SMILES string of the molecule is C=CCN(CC=C)C(=O)CCN1C(=O)COc2ccccc21. The van der Waals surface area contributed by atoms with E-state index < -0.39 is 0 Å². The van der Waals surface area contributed by atoms with Gasteiger partial charge in [-0.05, 0) is 12.1 Å². The maximum absolute atomic E-state index is 12.2. The lowest BCUT2D eigenvalue weighted by Gasteiger charge is -2.29. The van der Waals surface area contributed by atoms with Crippen molar-refractivity contribution in [2.75, 3.05) is 31.1 Å². The molecule has 5 nitrogen and oxygen atoms in total. The number of benzene rings is 1. The molecule has 0 aliphatic carbocycles. The minimum absolute atomic E-state index is 0.00817. The summed E-state index contributed by atoms with van der Waals surface area (Å²) in [7, 11) is 0. The molecular weight excluding hydrogens is 280 g/mol. The van der Waals surface area contributed by atoms with E-state index in [0.717, 1.165) is 0 Å². The number of fused-ring (bicyclic) bond motifs is 1. The second-order valence-corrected chi connectivity index (χ2v) is 4.93. The highest BCUT2D eigenvalue weighted by atomic mass is 16.5. The maximum Gasteiger partial charge on any atom is 0.265 e. The molecule has 0 saturated heterocycles. The molecule has 0 fully saturated rings. The minimum atomic E-state index is -0.134. The van der Waals surface area contributed by atoms with Crippen LogP contribution < -0.4 is 9.64 Å². The molecule has 0 unspecified atom stereocenters. The summed E-state index contributed by atoms with van der Waals surface area (Å²) >= 11 is 0. The molecule has 1 aliphatic heterocycles. The number of rotatable bonds is 7. The average Bonchev–Trinajstić information content (AvgIpc) is 2.53. The third kappa shape index (κ3) is 3.55. The van der Waals surface area contributed by atoms with Crippen molar-refractivity contribution < 1.29 is 14.3 Å². The van der Waals surface area contributed by atoms with E-state index in [1.54, 1.807) is 22.0 Å². The molecule has 0 spiro atoms. The quantitative estimate of drug-likeness (QED) is 0.724. The Morgan fingerprint density at radius 2 is 1.95 bits per heavy atom. The number of hydrogen-bond acceptors (Lipinski definition) is 3. The Balaban J connectivity index is 2.04. The van der Waals surface area contributed by atoms with E-state index in [1.165, 1.54) is 0 Å². The molecule has 22 heavy (non-hydrogen) atoms. The first-order valence-corrected chi connectivity index (χ1v) is 7.19. The third-order valence-electron chi connectivity index (χ3n) is 3.41. The zero-order chi connectivity index (χ0) is 15.9. The normalized spacial score (nSPS) is 13.1. The maximum atomic E-state index is 12.2. The van der Waals surface area contributed by atoms with Crippen molar-refractivity contribution in [3.05, 3.63) is 49.6 Å². The van der Waals surface area contributed by atoms with E-state index in [2.05, 4.69) is 13.2 Å². The first-order valence-electron chi connectivity index (χ1n) is 7.19. The van der Waals surface area contributed by atoms with Crippen LogP contribution >= 0.6 is 0 Å². The standard InChI is InChI=1S/C17H20N2O3/c1-3-10-18(11-4-2)16(20)9-12-19-14-7-5-6-8-15(14)22-13-17(19)21/h3-8H,1-2,9-13H2. The van der Waals surface area contributed by atoms with Crippen molar-refractivity contribution >= 4 is 17.5 Å². The molecule has 116 valence electrons. The van der Waals surface area contributed by atoms with Gasteiger partial charge in [-0.2, -0.15) is 0 Å². The highest BCUT2D eigenvalue weighted by molar-refractivity contribution is 5.98. The highest BCUT2D eigenvalue weighted by Gasteiger charge is 2.25. The lowest BCUT2D eigenvalue weighted by Crippen LogP contribution is -2.41. The Bertz CT molecular complexity index is 573. The van der Waals surface area contributed by atoms with Crippen LogP contribution in [0.1, 0.15) is 6.42 Å². The molecule has 1 aromatic rings. The molecule has 0 aromatic heterocycles. The number of carbonyl (C=O) groups excluding carboxylic acids is 2. The van der Waals surface area contributed by atoms with Crippen LogP contribution in [0.5, 0.6) is 5.75 Å². The van der Waals surface area contributed by atoms with Crippen LogP contribution in [-0.2, 0) is 9.59 Å². The van der Waals surface area contributed by atoms with Gasteiger partial charge < -0.3 is 14.5 Å². The smallest absolute Gasteiger partial charge is 0.265 e. The zero-order valence-electron chi connectivity index (χ0n) is 12.5. The van der Waals surface area contributed by atoms with Crippen molar-refractivity contribution in [3.8, 4) is 5.75 Å². The number of carbonyl (C=O) groups is 2. The van der Waals surface area contributed by atoms with Gasteiger partial charge in [0.15, 0.2) is 6.61 Å². The van der Waals surface area contributed by atoms with Crippen LogP contribution in [0.25, 0.3) is 0 Å². The zero-order valence-corrected chi connectivity index (χ0v) is 12.5. The first-order chi connectivity index (χ1) is 10.7. The number of para-hydroxylation sites is 2. The molecule has 1 aliphatic rings. The predicted octanol–water partition coefficient (Wildman–Crippen LogP) is 2.00. The molecule has 1 heterocycles. The molecule has 2 rings (SSSR count). The van der Waals surface area contributed by atoms with Gasteiger partial charge in [-0.3, -0.25) is 9.59 Å². The van der Waals surface area contributed by atoms with Gasteiger partial charge in [0.1, 0.15) is 5.75 Å². The predicted molar refractivity (Wildman–Crippen MR) is 85.9 cm³/mol. The summed E-state index contributed by atoms with van der Waals surface area (Å²) in [4.78, 5) is 27.5. The van der Waals surface area contributed by atoms with Gasteiger partial charge in [0.05, 0.1) is 5.69 Å². The van der Waals surface area contributed by atoms with Crippen molar-refractivity contribution in [2.24, 2.45) is 0 Å². The first kappa shape index (κ1) is 15.8. The Kier molecular flexibility index (Phi) is 5.36. The second-order valence-electron chi connectivity index (χ2n) is 4.93. The van der Waals surface area contributed by atoms with Crippen LogP contribution in [0.4, 0.5) is 5.69 Å². The fraction of sp³-hybridized carbons (Fsp3) is 0.294. The molecular formula is C17H20N2O3. The van der Waals surface area contributed by atoms with E-state index in [4.69, 9.17) is 4.74 Å². The number of amides is 2. The fourth-order valence-corrected chi connectivity index (χ4v) is 2.35. The van der Waals surface area contributed by atoms with Gasteiger partial charge in [-0.25, -0.2) is 0 Å². The Morgan fingerprint density at radius 3 is 2.64 bits per heavy atom. The van der Waals surface area contributed by atoms with Crippen LogP contribution in [-0.4, -0.2) is 43.0 Å². The van der Waals surface area contributed by atoms with Gasteiger partial charge in [0, 0.05) is 26.1 Å². The van der Waals surface area contributed by atoms with E-state index in [9.17, 15) is 9.59 Å². The van der Waals surface area contributed by atoms with Gasteiger partial charge in [0.2, 0.25) is 5.91 Å². The number of hydrogen-bond donors (Lipinski definition) is 0. The Hall–Kier alpha value is -2.56. The van der Waals surface area contributed by atoms with Crippen LogP contribution in [0.15, 0.2) is 49.6 Å². The van der Waals surface area contributed by atoms with Crippen LogP contribution in [0.2, 0.25) is 0 Å². The van der Waals surface area contributed by atoms with E-state index >= 15 is 0 Å². The summed E-state index contributed by atoms with van der Waals surface area (Å²) in [5, 5.41) is 0. The fourth-order valence-electron chi connectivity index (χ4n) is 2.35. The second kappa shape index (κ2) is 7.45.